The molecule has 3 rings (SSSR count). The van der Waals surface area contributed by atoms with Crippen molar-refractivity contribution >= 4 is 23.6 Å². The van der Waals surface area contributed by atoms with E-state index < -0.39 is 6.04 Å². The van der Waals surface area contributed by atoms with Crippen LogP contribution in [-0.4, -0.2) is 35.1 Å². The number of hydrogen-bond donors (Lipinski definition) is 1. The van der Waals surface area contributed by atoms with Crippen LogP contribution in [0.1, 0.15) is 42.9 Å². The topological polar surface area (TPSA) is 49.4 Å². The van der Waals surface area contributed by atoms with Crippen molar-refractivity contribution in [2.24, 2.45) is 0 Å². The second kappa shape index (κ2) is 14.4. The van der Waals surface area contributed by atoms with Gasteiger partial charge in [0, 0.05) is 36.6 Å². The third kappa shape index (κ3) is 8.91. The Morgan fingerprint density at radius 2 is 1.54 bits per heavy atom. The number of nitrogens with one attached hydrogen (secondary N) is 1. The Kier molecular flexibility index (Phi) is 10.9. The molecule has 3 aromatic rings. The van der Waals surface area contributed by atoms with Gasteiger partial charge in [0.25, 0.3) is 0 Å². The van der Waals surface area contributed by atoms with Gasteiger partial charge in [-0.05, 0) is 36.6 Å². The quantitative estimate of drug-likeness (QED) is 0.236. The minimum atomic E-state index is -0.565. The van der Waals surface area contributed by atoms with E-state index in [4.69, 9.17) is 0 Å². The number of carbonyl (C=O) groups is 2. The highest BCUT2D eigenvalue weighted by Gasteiger charge is 2.30. The lowest BCUT2D eigenvalue weighted by atomic mass is 10.0. The number of rotatable bonds is 13. The van der Waals surface area contributed by atoms with Crippen LogP contribution in [-0.2, 0) is 22.6 Å². The molecule has 4 nitrogen and oxygen atoms in total. The summed E-state index contributed by atoms with van der Waals surface area (Å²) in [4.78, 5) is 29.9. The van der Waals surface area contributed by atoms with Crippen molar-refractivity contribution < 1.29 is 9.59 Å². The highest BCUT2D eigenvalue weighted by Crippen LogP contribution is 2.21. The van der Waals surface area contributed by atoms with E-state index in [1.54, 1.807) is 16.7 Å². The lowest BCUT2D eigenvalue weighted by molar-refractivity contribution is -0.141. The maximum absolute atomic E-state index is 13.6. The van der Waals surface area contributed by atoms with E-state index in [1.807, 2.05) is 67.6 Å². The van der Waals surface area contributed by atoms with E-state index in [0.29, 0.717) is 31.7 Å². The molecule has 0 aliphatic rings. The Balaban J connectivity index is 1.82. The highest BCUT2D eigenvalue weighted by atomic mass is 32.2. The molecule has 0 unspecified atom stereocenters. The van der Waals surface area contributed by atoms with E-state index in [1.165, 1.54) is 5.56 Å². The summed E-state index contributed by atoms with van der Waals surface area (Å²) >= 11 is 1.67. The highest BCUT2D eigenvalue weighted by molar-refractivity contribution is 7.99. The van der Waals surface area contributed by atoms with Gasteiger partial charge in [0.05, 0.1) is 0 Å². The normalized spacial score (nSPS) is 11.6. The molecule has 0 heterocycles. The molecule has 1 atom stereocenters. The van der Waals surface area contributed by atoms with Crippen molar-refractivity contribution in [2.75, 3.05) is 12.3 Å². The third-order valence-corrected chi connectivity index (χ3v) is 6.92. The zero-order valence-electron chi connectivity index (χ0n) is 20.8. The third-order valence-electron chi connectivity index (χ3n) is 5.90. The zero-order chi connectivity index (χ0) is 24.9. The van der Waals surface area contributed by atoms with Gasteiger partial charge in [-0.2, -0.15) is 0 Å². The van der Waals surface area contributed by atoms with Gasteiger partial charge in [-0.1, -0.05) is 91.7 Å². The summed E-state index contributed by atoms with van der Waals surface area (Å²) in [6, 6.07) is 27.7. The first-order valence-corrected chi connectivity index (χ1v) is 13.4. The van der Waals surface area contributed by atoms with Crippen molar-refractivity contribution in [3.8, 4) is 0 Å². The fourth-order valence-electron chi connectivity index (χ4n) is 3.87. The first-order chi connectivity index (χ1) is 17.1. The second-order valence-electron chi connectivity index (χ2n) is 8.77. The molecule has 184 valence electrons. The Hall–Kier alpha value is -3.05. The molecule has 0 saturated carbocycles. The maximum Gasteiger partial charge on any atom is 0.243 e. The van der Waals surface area contributed by atoms with Gasteiger partial charge in [-0.15, -0.1) is 11.8 Å². The zero-order valence-corrected chi connectivity index (χ0v) is 21.6. The number of carbonyl (C=O) groups excluding carboxylic acids is 2. The van der Waals surface area contributed by atoms with Crippen LogP contribution in [0.3, 0.4) is 0 Å². The lowest BCUT2D eigenvalue weighted by Gasteiger charge is -2.31. The summed E-state index contributed by atoms with van der Waals surface area (Å²) in [7, 11) is 0. The number of amides is 2. The van der Waals surface area contributed by atoms with Crippen molar-refractivity contribution in [2.45, 2.75) is 57.0 Å². The fraction of sp³-hybridized carbons (Fsp3) is 0.333. The van der Waals surface area contributed by atoms with Crippen LogP contribution in [0.2, 0.25) is 0 Å². The molecule has 0 bridgehead atoms. The predicted molar refractivity (Wildman–Crippen MR) is 145 cm³/mol. The molecule has 0 spiro atoms. The molecule has 35 heavy (non-hydrogen) atoms. The Morgan fingerprint density at radius 1 is 0.886 bits per heavy atom. The molecule has 0 aliphatic carbocycles. The fourth-order valence-corrected chi connectivity index (χ4v) is 4.73. The summed E-state index contributed by atoms with van der Waals surface area (Å²) < 4.78 is 0. The summed E-state index contributed by atoms with van der Waals surface area (Å²) in [6.07, 6.45) is 2.79. The summed E-state index contributed by atoms with van der Waals surface area (Å²) in [5.74, 6) is 0.585. The maximum atomic E-state index is 13.6. The SMILES string of the molecule is CCCCNC(=O)[C@H](Cc1ccccc1)N(Cc1ccc(C)cc1)C(=O)CCSc1ccccc1. The number of aryl methyl sites for hydroxylation is 1. The van der Waals surface area contributed by atoms with Gasteiger partial charge < -0.3 is 10.2 Å². The minimum Gasteiger partial charge on any atom is -0.354 e. The summed E-state index contributed by atoms with van der Waals surface area (Å²) in [5.41, 5.74) is 3.24. The van der Waals surface area contributed by atoms with Crippen molar-refractivity contribution in [3.63, 3.8) is 0 Å². The smallest absolute Gasteiger partial charge is 0.243 e. The van der Waals surface area contributed by atoms with Crippen LogP contribution in [0, 0.1) is 6.92 Å². The van der Waals surface area contributed by atoms with E-state index in [-0.39, 0.29) is 11.8 Å². The van der Waals surface area contributed by atoms with Crippen LogP contribution in [0.25, 0.3) is 0 Å². The first kappa shape index (κ1) is 26.6. The largest absolute Gasteiger partial charge is 0.354 e. The molecule has 0 aromatic heterocycles. The van der Waals surface area contributed by atoms with Crippen LogP contribution in [0.4, 0.5) is 0 Å². The molecular formula is C30H36N2O2S. The molecule has 5 heteroatoms. The Labute approximate surface area is 214 Å². The van der Waals surface area contributed by atoms with Crippen molar-refractivity contribution in [1.29, 1.82) is 0 Å². The first-order valence-electron chi connectivity index (χ1n) is 12.4. The molecule has 3 aromatic carbocycles. The molecule has 0 aliphatic heterocycles. The molecular weight excluding hydrogens is 452 g/mol. The standard InChI is InChI=1S/C30H36N2O2S/c1-3-4-20-31-30(34)28(22-25-11-7-5-8-12-25)32(23-26-17-15-24(2)16-18-26)29(33)19-21-35-27-13-9-6-10-14-27/h5-18,28H,3-4,19-23H2,1-2H3,(H,31,34)/t28-/m0/s1. The van der Waals surface area contributed by atoms with Crippen LogP contribution in [0.15, 0.2) is 89.8 Å². The number of nitrogens with zero attached hydrogens (tertiary/aromatic N) is 1. The predicted octanol–water partition coefficient (Wildman–Crippen LogP) is 6.03. The number of benzene rings is 3. The average Bonchev–Trinajstić information content (AvgIpc) is 2.88. The average molecular weight is 489 g/mol. The van der Waals surface area contributed by atoms with Gasteiger partial charge in [0.15, 0.2) is 0 Å². The van der Waals surface area contributed by atoms with Crippen LogP contribution in [0.5, 0.6) is 0 Å². The molecule has 0 fully saturated rings. The Bertz CT molecular complexity index is 1040. The summed E-state index contributed by atoms with van der Waals surface area (Å²) in [6.45, 7) is 5.18. The number of unbranched alkanes of at least 4 members (excludes halogenated alkanes) is 1. The second-order valence-corrected chi connectivity index (χ2v) is 9.94. The number of hydrogen-bond acceptors (Lipinski definition) is 3. The van der Waals surface area contributed by atoms with Crippen molar-refractivity contribution in [1.82, 2.24) is 10.2 Å². The van der Waals surface area contributed by atoms with Gasteiger partial charge in [-0.3, -0.25) is 9.59 Å². The van der Waals surface area contributed by atoms with Crippen molar-refractivity contribution in [3.05, 3.63) is 102 Å². The lowest BCUT2D eigenvalue weighted by Crippen LogP contribution is -2.50. The Morgan fingerprint density at radius 3 is 2.20 bits per heavy atom. The van der Waals surface area contributed by atoms with E-state index in [0.717, 1.165) is 28.9 Å². The van der Waals surface area contributed by atoms with Gasteiger partial charge in [0.1, 0.15) is 6.04 Å². The van der Waals surface area contributed by atoms with E-state index in [9.17, 15) is 9.59 Å². The molecule has 2 amide bonds. The van der Waals surface area contributed by atoms with Crippen LogP contribution >= 0.6 is 11.8 Å². The molecule has 0 saturated heterocycles. The van der Waals surface area contributed by atoms with Gasteiger partial charge in [0.2, 0.25) is 11.8 Å². The number of thioether (sulfide) groups is 1. The van der Waals surface area contributed by atoms with Crippen LogP contribution < -0.4 is 5.32 Å². The van der Waals surface area contributed by atoms with E-state index >= 15 is 0 Å². The van der Waals surface area contributed by atoms with Gasteiger partial charge in [-0.25, -0.2) is 0 Å². The summed E-state index contributed by atoms with van der Waals surface area (Å²) in [5, 5.41) is 3.08. The van der Waals surface area contributed by atoms with Gasteiger partial charge >= 0.3 is 0 Å². The molecule has 1 N–H and O–H groups in total. The minimum absolute atomic E-state index is 0.000536. The van der Waals surface area contributed by atoms with E-state index in [2.05, 4.69) is 36.5 Å². The molecule has 0 radical (unpaired) electrons. The monoisotopic (exact) mass is 488 g/mol.